The molecule has 1 atom stereocenters. The van der Waals surface area contributed by atoms with Gasteiger partial charge in [0.25, 0.3) is 5.91 Å². The summed E-state index contributed by atoms with van der Waals surface area (Å²) < 4.78 is 15.1. The zero-order valence-corrected chi connectivity index (χ0v) is 18.5. The van der Waals surface area contributed by atoms with E-state index in [1.165, 1.54) is 12.1 Å². The van der Waals surface area contributed by atoms with Crippen molar-refractivity contribution in [3.8, 4) is 11.1 Å². The van der Waals surface area contributed by atoms with Crippen LogP contribution in [0.1, 0.15) is 52.3 Å². The van der Waals surface area contributed by atoms with Crippen molar-refractivity contribution in [3.63, 3.8) is 0 Å². The number of amides is 1. The van der Waals surface area contributed by atoms with E-state index in [0.717, 1.165) is 52.9 Å². The molecule has 0 spiro atoms. The molecule has 7 heteroatoms. The summed E-state index contributed by atoms with van der Waals surface area (Å²) in [6.45, 7) is 4.05. The van der Waals surface area contributed by atoms with Crippen molar-refractivity contribution in [2.24, 2.45) is 0 Å². The zero-order chi connectivity index (χ0) is 22.9. The van der Waals surface area contributed by atoms with E-state index in [1.807, 2.05) is 41.9 Å². The summed E-state index contributed by atoms with van der Waals surface area (Å²) in [6.07, 6.45) is 4.18. The highest BCUT2D eigenvalue weighted by molar-refractivity contribution is 6.04. The van der Waals surface area contributed by atoms with E-state index >= 15 is 0 Å². The topological polar surface area (TPSA) is 72.7 Å². The number of carbonyl (C=O) groups is 1. The number of aromatic nitrogens is 4. The van der Waals surface area contributed by atoms with Crippen LogP contribution in [0.15, 0.2) is 60.8 Å². The number of aryl methyl sites for hydroxylation is 2. The number of nitrogens with zero attached hydrogens (tertiary/aromatic N) is 4. The number of fused-ring (bicyclic) bond motifs is 1. The average molecular weight is 442 g/mol. The van der Waals surface area contributed by atoms with Crippen LogP contribution < -0.4 is 5.32 Å². The molecule has 1 amide bonds. The van der Waals surface area contributed by atoms with Crippen LogP contribution in [0.5, 0.6) is 0 Å². The van der Waals surface area contributed by atoms with Crippen LogP contribution in [0.2, 0.25) is 0 Å². The Bertz CT molecular complexity index is 1330. The number of benzene rings is 2. The highest BCUT2D eigenvalue weighted by Crippen LogP contribution is 2.34. The predicted octanol–water partition coefficient (Wildman–Crippen LogP) is 5.14. The van der Waals surface area contributed by atoms with Crippen LogP contribution in [-0.4, -0.2) is 25.9 Å². The number of rotatable bonds is 5. The van der Waals surface area contributed by atoms with Gasteiger partial charge in [0.15, 0.2) is 5.82 Å². The number of hydrogen-bond donors (Lipinski definition) is 1. The first kappa shape index (κ1) is 21.0. The zero-order valence-electron chi connectivity index (χ0n) is 18.5. The van der Waals surface area contributed by atoms with Crippen molar-refractivity contribution >= 4 is 11.7 Å². The predicted molar refractivity (Wildman–Crippen MR) is 125 cm³/mol. The lowest BCUT2D eigenvalue weighted by atomic mass is 9.96. The van der Waals surface area contributed by atoms with Crippen LogP contribution in [0.25, 0.3) is 11.1 Å². The summed E-state index contributed by atoms with van der Waals surface area (Å²) in [5.74, 6) is 0.00670. The Morgan fingerprint density at radius 1 is 1.15 bits per heavy atom. The maximum atomic E-state index is 13.3. The molecule has 1 aliphatic rings. The van der Waals surface area contributed by atoms with Gasteiger partial charge in [-0.1, -0.05) is 30.3 Å². The highest BCUT2D eigenvalue weighted by atomic mass is 19.1. The minimum atomic E-state index is -0.264. The average Bonchev–Trinajstić information content (AvgIpc) is 3.42. The minimum absolute atomic E-state index is 0.00597. The van der Waals surface area contributed by atoms with E-state index in [2.05, 4.69) is 27.5 Å². The molecule has 4 aromatic rings. The summed E-state index contributed by atoms with van der Waals surface area (Å²) in [5.41, 5.74) is 6.69. The van der Waals surface area contributed by atoms with E-state index in [4.69, 9.17) is 0 Å². The van der Waals surface area contributed by atoms with Gasteiger partial charge in [-0.25, -0.2) is 9.07 Å². The van der Waals surface area contributed by atoms with Gasteiger partial charge in [-0.15, -0.1) is 5.10 Å². The maximum absolute atomic E-state index is 13.3. The summed E-state index contributed by atoms with van der Waals surface area (Å²) in [6, 6.07) is 16.2. The molecule has 33 heavy (non-hydrogen) atoms. The number of hydrogen-bond acceptors (Lipinski definition) is 4. The van der Waals surface area contributed by atoms with E-state index < -0.39 is 0 Å². The van der Waals surface area contributed by atoms with Crippen LogP contribution in [0.3, 0.4) is 0 Å². The fourth-order valence-electron chi connectivity index (χ4n) is 4.48. The van der Waals surface area contributed by atoms with Crippen LogP contribution in [0.4, 0.5) is 10.2 Å². The largest absolute Gasteiger partial charge is 0.303 e. The molecule has 1 unspecified atom stereocenters. The van der Waals surface area contributed by atoms with Crippen LogP contribution >= 0.6 is 0 Å². The van der Waals surface area contributed by atoms with Crippen LogP contribution in [0, 0.1) is 12.7 Å². The van der Waals surface area contributed by atoms with Crippen LogP contribution in [-0.2, 0) is 12.8 Å². The molecule has 3 heterocycles. The highest BCUT2D eigenvalue weighted by Gasteiger charge is 2.29. The van der Waals surface area contributed by atoms with Crippen molar-refractivity contribution in [3.05, 3.63) is 94.7 Å². The molecule has 1 aliphatic heterocycles. The Labute approximate surface area is 191 Å². The molecule has 0 saturated carbocycles. The van der Waals surface area contributed by atoms with Gasteiger partial charge in [-0.3, -0.25) is 9.78 Å². The Balaban J connectivity index is 1.38. The smallest absolute Gasteiger partial charge is 0.256 e. The molecule has 2 aromatic carbocycles. The second-order valence-corrected chi connectivity index (χ2v) is 8.30. The summed E-state index contributed by atoms with van der Waals surface area (Å²) in [4.78, 5) is 17.3. The fourth-order valence-corrected chi connectivity index (χ4v) is 4.48. The number of nitrogens with one attached hydrogen (secondary N) is 1. The first-order valence-corrected chi connectivity index (χ1v) is 11.1. The van der Waals surface area contributed by atoms with Gasteiger partial charge in [0.2, 0.25) is 0 Å². The van der Waals surface area contributed by atoms with Crippen molar-refractivity contribution in [1.29, 1.82) is 0 Å². The first-order valence-electron chi connectivity index (χ1n) is 11.1. The fraction of sp³-hybridized carbons (Fsp3) is 0.231. The minimum Gasteiger partial charge on any atom is -0.303 e. The molecule has 0 saturated heterocycles. The van der Waals surface area contributed by atoms with Crippen molar-refractivity contribution < 1.29 is 9.18 Å². The summed E-state index contributed by atoms with van der Waals surface area (Å²) >= 11 is 0. The van der Waals surface area contributed by atoms with Gasteiger partial charge < -0.3 is 5.32 Å². The molecule has 166 valence electrons. The lowest BCUT2D eigenvalue weighted by Crippen LogP contribution is -2.14. The monoisotopic (exact) mass is 441 g/mol. The molecule has 2 aromatic heterocycles. The Morgan fingerprint density at radius 2 is 1.97 bits per heavy atom. The second-order valence-electron chi connectivity index (χ2n) is 8.30. The lowest BCUT2D eigenvalue weighted by Gasteiger charge is -2.11. The van der Waals surface area contributed by atoms with E-state index in [9.17, 15) is 9.18 Å². The molecule has 0 bridgehead atoms. The Morgan fingerprint density at radius 3 is 2.73 bits per heavy atom. The maximum Gasteiger partial charge on any atom is 0.256 e. The summed E-state index contributed by atoms with van der Waals surface area (Å²) in [5, 5.41) is 11.4. The van der Waals surface area contributed by atoms with Gasteiger partial charge in [-0.05, 0) is 84.8 Å². The van der Waals surface area contributed by atoms with Crippen molar-refractivity contribution in [2.75, 3.05) is 5.32 Å². The molecule has 0 radical (unpaired) electrons. The van der Waals surface area contributed by atoms with E-state index in [1.54, 1.807) is 18.3 Å². The Hall–Kier alpha value is -3.87. The van der Waals surface area contributed by atoms with Crippen molar-refractivity contribution in [1.82, 2.24) is 20.0 Å². The SMILES string of the molecule is CCc1cc(C(=O)Nc2nnn3c2CCC3c2ccc(F)cc2)ccc1-c1ccnc(C)c1. The third kappa shape index (κ3) is 4.02. The van der Waals surface area contributed by atoms with E-state index in [-0.39, 0.29) is 17.8 Å². The molecular formula is C26H24FN5O. The molecule has 0 fully saturated rings. The lowest BCUT2D eigenvalue weighted by molar-refractivity contribution is 0.102. The Kier molecular flexibility index (Phi) is 5.46. The van der Waals surface area contributed by atoms with Gasteiger partial charge >= 0.3 is 0 Å². The first-order chi connectivity index (χ1) is 16.0. The molecule has 5 rings (SSSR count). The third-order valence-corrected chi connectivity index (χ3v) is 6.18. The van der Waals surface area contributed by atoms with Gasteiger partial charge in [0.1, 0.15) is 5.82 Å². The second kappa shape index (κ2) is 8.58. The number of anilines is 1. The third-order valence-electron chi connectivity index (χ3n) is 6.18. The quantitative estimate of drug-likeness (QED) is 0.466. The summed E-state index contributed by atoms with van der Waals surface area (Å²) in [7, 11) is 0. The number of carbonyl (C=O) groups excluding carboxylic acids is 1. The molecule has 6 nitrogen and oxygen atoms in total. The number of halogens is 1. The number of pyridine rings is 1. The molecule has 0 aliphatic carbocycles. The molecule has 1 N–H and O–H groups in total. The van der Waals surface area contributed by atoms with Gasteiger partial charge in [-0.2, -0.15) is 0 Å². The standard InChI is InChI=1S/C26H24FN5O/c1-3-17-15-20(6-9-22(17)19-12-13-28-16(2)14-19)26(33)29-25-24-11-10-23(32(24)31-30-25)18-4-7-21(27)8-5-18/h4-9,12-15,23H,3,10-11H2,1-2H3,(H,29,33). The van der Waals surface area contributed by atoms with E-state index in [0.29, 0.717) is 11.4 Å². The van der Waals surface area contributed by atoms with Gasteiger partial charge in [0.05, 0.1) is 11.7 Å². The van der Waals surface area contributed by atoms with Crippen molar-refractivity contribution in [2.45, 2.75) is 39.2 Å². The van der Waals surface area contributed by atoms with Gasteiger partial charge in [0, 0.05) is 17.5 Å². The normalized spacial score (nSPS) is 14.8. The molecular weight excluding hydrogens is 417 g/mol.